The van der Waals surface area contributed by atoms with Gasteiger partial charge in [0.05, 0.1) is 4.47 Å². The molecule has 1 heterocycles. The van der Waals surface area contributed by atoms with Crippen molar-refractivity contribution in [2.75, 3.05) is 5.32 Å². The highest BCUT2D eigenvalue weighted by Gasteiger charge is 2.04. The van der Waals surface area contributed by atoms with Crippen molar-refractivity contribution in [3.05, 3.63) is 57.2 Å². The standard InChI is InChI=1S/C13H12BrClN2/c1-9-6-7-16-13(12(9)14)17-8-10-4-2-3-5-11(10)15/h2-7H,8H2,1H3,(H,16,17). The lowest BCUT2D eigenvalue weighted by atomic mass is 10.2. The molecule has 0 aliphatic rings. The number of aryl methyl sites for hydroxylation is 1. The second-order valence-electron chi connectivity index (χ2n) is 3.74. The zero-order chi connectivity index (χ0) is 12.3. The molecule has 0 aliphatic heterocycles. The zero-order valence-electron chi connectivity index (χ0n) is 9.37. The van der Waals surface area contributed by atoms with Crippen molar-refractivity contribution >= 4 is 33.3 Å². The van der Waals surface area contributed by atoms with Crippen LogP contribution in [0.25, 0.3) is 0 Å². The fourth-order valence-electron chi connectivity index (χ4n) is 1.48. The van der Waals surface area contributed by atoms with E-state index in [0.29, 0.717) is 6.54 Å². The molecule has 0 saturated carbocycles. The molecule has 0 amide bonds. The van der Waals surface area contributed by atoms with E-state index < -0.39 is 0 Å². The van der Waals surface area contributed by atoms with Crippen LogP contribution in [0.15, 0.2) is 41.0 Å². The van der Waals surface area contributed by atoms with Crippen LogP contribution < -0.4 is 5.32 Å². The molecule has 2 nitrogen and oxygen atoms in total. The molecule has 4 heteroatoms. The summed E-state index contributed by atoms with van der Waals surface area (Å²) in [5.74, 6) is 0.838. The summed E-state index contributed by atoms with van der Waals surface area (Å²) in [5.41, 5.74) is 2.21. The molecule has 0 fully saturated rings. The average molecular weight is 312 g/mol. The zero-order valence-corrected chi connectivity index (χ0v) is 11.7. The van der Waals surface area contributed by atoms with Gasteiger partial charge in [-0.25, -0.2) is 4.98 Å². The van der Waals surface area contributed by atoms with Crippen LogP contribution in [0.3, 0.4) is 0 Å². The minimum Gasteiger partial charge on any atom is -0.365 e. The minimum absolute atomic E-state index is 0.661. The maximum Gasteiger partial charge on any atom is 0.140 e. The second-order valence-corrected chi connectivity index (χ2v) is 4.94. The minimum atomic E-state index is 0.661. The highest BCUT2D eigenvalue weighted by molar-refractivity contribution is 9.10. The van der Waals surface area contributed by atoms with Gasteiger partial charge in [0.15, 0.2) is 0 Å². The SMILES string of the molecule is Cc1ccnc(NCc2ccccc2Cl)c1Br. The summed E-state index contributed by atoms with van der Waals surface area (Å²) >= 11 is 9.60. The third-order valence-electron chi connectivity index (χ3n) is 2.49. The summed E-state index contributed by atoms with van der Waals surface area (Å²) in [5, 5.41) is 4.04. The predicted octanol–water partition coefficient (Wildman–Crippen LogP) is 4.42. The largest absolute Gasteiger partial charge is 0.365 e. The van der Waals surface area contributed by atoms with E-state index in [-0.39, 0.29) is 0 Å². The smallest absolute Gasteiger partial charge is 0.140 e. The Balaban J connectivity index is 2.13. The van der Waals surface area contributed by atoms with Crippen LogP contribution in [0, 0.1) is 6.92 Å². The number of rotatable bonds is 3. The maximum atomic E-state index is 6.09. The molecule has 0 radical (unpaired) electrons. The van der Waals surface area contributed by atoms with Crippen LogP contribution in [-0.2, 0) is 6.54 Å². The highest BCUT2D eigenvalue weighted by Crippen LogP contribution is 2.24. The topological polar surface area (TPSA) is 24.9 Å². The normalized spacial score (nSPS) is 10.3. The Morgan fingerprint density at radius 1 is 1.29 bits per heavy atom. The number of benzene rings is 1. The van der Waals surface area contributed by atoms with Crippen molar-refractivity contribution in [2.24, 2.45) is 0 Å². The van der Waals surface area contributed by atoms with E-state index in [1.165, 1.54) is 0 Å². The Bertz CT molecular complexity index is 529. The molecule has 1 N–H and O–H groups in total. The predicted molar refractivity (Wildman–Crippen MR) is 75.5 cm³/mol. The maximum absolute atomic E-state index is 6.09. The van der Waals surface area contributed by atoms with Gasteiger partial charge in [0.2, 0.25) is 0 Å². The van der Waals surface area contributed by atoms with Gasteiger partial charge in [-0.2, -0.15) is 0 Å². The quantitative estimate of drug-likeness (QED) is 0.907. The van der Waals surface area contributed by atoms with E-state index in [2.05, 4.69) is 26.2 Å². The number of hydrogen-bond acceptors (Lipinski definition) is 2. The van der Waals surface area contributed by atoms with Gasteiger partial charge >= 0.3 is 0 Å². The van der Waals surface area contributed by atoms with Gasteiger partial charge in [-0.1, -0.05) is 29.8 Å². The third-order valence-corrected chi connectivity index (χ3v) is 3.86. The van der Waals surface area contributed by atoms with Crippen molar-refractivity contribution in [3.8, 4) is 0 Å². The molecule has 0 saturated heterocycles. The van der Waals surface area contributed by atoms with E-state index in [0.717, 1.165) is 26.4 Å². The van der Waals surface area contributed by atoms with Crippen LogP contribution in [-0.4, -0.2) is 4.98 Å². The Morgan fingerprint density at radius 2 is 2.06 bits per heavy atom. The van der Waals surface area contributed by atoms with E-state index >= 15 is 0 Å². The van der Waals surface area contributed by atoms with Crippen molar-refractivity contribution < 1.29 is 0 Å². The van der Waals surface area contributed by atoms with E-state index in [1.54, 1.807) is 6.20 Å². The first-order valence-corrected chi connectivity index (χ1v) is 6.44. The molecule has 0 spiro atoms. The van der Waals surface area contributed by atoms with Crippen LogP contribution in [0.2, 0.25) is 5.02 Å². The summed E-state index contributed by atoms with van der Waals surface area (Å²) in [6.07, 6.45) is 1.79. The van der Waals surface area contributed by atoms with Gasteiger partial charge in [-0.05, 0) is 46.1 Å². The van der Waals surface area contributed by atoms with Crippen LogP contribution >= 0.6 is 27.5 Å². The van der Waals surface area contributed by atoms with Crippen LogP contribution in [0.5, 0.6) is 0 Å². The van der Waals surface area contributed by atoms with Crippen molar-refractivity contribution in [2.45, 2.75) is 13.5 Å². The number of pyridine rings is 1. The monoisotopic (exact) mass is 310 g/mol. The van der Waals surface area contributed by atoms with Gasteiger partial charge in [0.1, 0.15) is 5.82 Å². The first kappa shape index (κ1) is 12.4. The van der Waals surface area contributed by atoms with Gasteiger partial charge in [0, 0.05) is 17.8 Å². The van der Waals surface area contributed by atoms with Gasteiger partial charge < -0.3 is 5.32 Å². The molecule has 2 aromatic rings. The van der Waals surface area contributed by atoms with Crippen molar-refractivity contribution in [1.29, 1.82) is 0 Å². The molecule has 0 unspecified atom stereocenters. The Labute approximate surface area is 114 Å². The molecule has 0 atom stereocenters. The number of aromatic nitrogens is 1. The second kappa shape index (κ2) is 5.52. The summed E-state index contributed by atoms with van der Waals surface area (Å²) in [6.45, 7) is 2.70. The van der Waals surface area contributed by atoms with E-state index in [1.807, 2.05) is 37.3 Å². The van der Waals surface area contributed by atoms with Crippen molar-refractivity contribution in [1.82, 2.24) is 4.98 Å². The third kappa shape index (κ3) is 2.99. The first-order valence-electron chi connectivity index (χ1n) is 5.27. The number of hydrogen-bond donors (Lipinski definition) is 1. The van der Waals surface area contributed by atoms with Gasteiger partial charge in [0.25, 0.3) is 0 Å². The molecular weight excluding hydrogens is 300 g/mol. The highest BCUT2D eigenvalue weighted by atomic mass is 79.9. The summed E-state index contributed by atoms with van der Waals surface area (Å²) in [6, 6.07) is 9.75. The number of anilines is 1. The summed E-state index contributed by atoms with van der Waals surface area (Å²) in [4.78, 5) is 4.28. The fourth-order valence-corrected chi connectivity index (χ4v) is 2.06. The lowest BCUT2D eigenvalue weighted by molar-refractivity contribution is 1.10. The Morgan fingerprint density at radius 3 is 2.82 bits per heavy atom. The summed E-state index contributed by atoms with van der Waals surface area (Å²) < 4.78 is 0.993. The molecule has 2 rings (SSSR count). The lowest BCUT2D eigenvalue weighted by Gasteiger charge is -2.10. The molecule has 1 aromatic heterocycles. The lowest BCUT2D eigenvalue weighted by Crippen LogP contribution is -2.03. The van der Waals surface area contributed by atoms with E-state index in [9.17, 15) is 0 Å². The van der Waals surface area contributed by atoms with Gasteiger partial charge in [-0.15, -0.1) is 0 Å². The van der Waals surface area contributed by atoms with Gasteiger partial charge in [-0.3, -0.25) is 0 Å². The molecule has 17 heavy (non-hydrogen) atoms. The summed E-state index contributed by atoms with van der Waals surface area (Å²) in [7, 11) is 0. The Kier molecular flexibility index (Phi) is 4.02. The van der Waals surface area contributed by atoms with Crippen LogP contribution in [0.4, 0.5) is 5.82 Å². The van der Waals surface area contributed by atoms with Crippen molar-refractivity contribution in [3.63, 3.8) is 0 Å². The van der Waals surface area contributed by atoms with Crippen LogP contribution in [0.1, 0.15) is 11.1 Å². The first-order chi connectivity index (χ1) is 8.18. The molecule has 0 aliphatic carbocycles. The van der Waals surface area contributed by atoms with E-state index in [4.69, 9.17) is 11.6 Å². The average Bonchev–Trinajstić information content (AvgIpc) is 2.33. The Hall–Kier alpha value is -1.06. The number of nitrogens with zero attached hydrogens (tertiary/aromatic N) is 1. The molecular formula is C13H12BrClN2. The molecule has 88 valence electrons. The number of halogens is 2. The molecule has 0 bridgehead atoms. The molecule has 1 aromatic carbocycles. The number of nitrogens with one attached hydrogen (secondary N) is 1. The fraction of sp³-hybridized carbons (Fsp3) is 0.154.